The monoisotopic (exact) mass is 441 g/mol. The SMILES string of the molecule is Cn1cc(Cc2ccccc2OCCN2CCNC(=O)C2)c(-c2cc(Cl)nc(N)n2)n1. The summed E-state index contributed by atoms with van der Waals surface area (Å²) < 4.78 is 7.81. The van der Waals surface area contributed by atoms with E-state index in [4.69, 9.17) is 22.1 Å². The highest BCUT2D eigenvalue weighted by Crippen LogP contribution is 2.28. The van der Waals surface area contributed by atoms with Gasteiger partial charge in [-0.25, -0.2) is 9.97 Å². The van der Waals surface area contributed by atoms with Crippen LogP contribution in [0.2, 0.25) is 5.15 Å². The Hall–Kier alpha value is -3.17. The molecule has 0 radical (unpaired) electrons. The number of nitrogens with zero attached hydrogens (tertiary/aromatic N) is 5. The molecule has 1 aliphatic heterocycles. The lowest BCUT2D eigenvalue weighted by Crippen LogP contribution is -2.48. The Morgan fingerprint density at radius 1 is 1.26 bits per heavy atom. The van der Waals surface area contributed by atoms with Crippen molar-refractivity contribution in [1.82, 2.24) is 30.0 Å². The zero-order chi connectivity index (χ0) is 21.8. The van der Waals surface area contributed by atoms with E-state index in [1.165, 1.54) is 0 Å². The number of aromatic nitrogens is 4. The molecule has 0 unspecified atom stereocenters. The number of ether oxygens (including phenoxy) is 1. The van der Waals surface area contributed by atoms with E-state index in [1.807, 2.05) is 37.5 Å². The van der Waals surface area contributed by atoms with Crippen LogP contribution in [0.3, 0.4) is 0 Å². The maximum absolute atomic E-state index is 11.5. The minimum Gasteiger partial charge on any atom is -0.492 e. The van der Waals surface area contributed by atoms with Gasteiger partial charge in [-0.2, -0.15) is 5.10 Å². The highest BCUT2D eigenvalue weighted by atomic mass is 35.5. The first-order valence-corrected chi connectivity index (χ1v) is 10.4. The minimum atomic E-state index is 0.0567. The molecule has 0 spiro atoms. The first kappa shape index (κ1) is 21.1. The highest BCUT2D eigenvalue weighted by Gasteiger charge is 2.17. The van der Waals surface area contributed by atoms with Crippen LogP contribution in [0.25, 0.3) is 11.4 Å². The quantitative estimate of drug-likeness (QED) is 0.534. The predicted octanol–water partition coefficient (Wildman–Crippen LogP) is 1.51. The molecule has 31 heavy (non-hydrogen) atoms. The molecule has 3 N–H and O–H groups in total. The number of anilines is 1. The summed E-state index contributed by atoms with van der Waals surface area (Å²) in [7, 11) is 1.86. The number of carbonyl (C=O) groups is 1. The summed E-state index contributed by atoms with van der Waals surface area (Å²) in [5.74, 6) is 0.967. The number of piperazine rings is 1. The van der Waals surface area contributed by atoms with E-state index in [1.54, 1.807) is 10.7 Å². The van der Waals surface area contributed by atoms with E-state index >= 15 is 0 Å². The van der Waals surface area contributed by atoms with Crippen LogP contribution in [-0.2, 0) is 18.3 Å². The molecule has 0 saturated carbocycles. The molecule has 1 aromatic carbocycles. The second kappa shape index (κ2) is 9.32. The Morgan fingerprint density at radius 3 is 2.90 bits per heavy atom. The molecule has 1 saturated heterocycles. The van der Waals surface area contributed by atoms with Crippen LogP contribution in [0.5, 0.6) is 5.75 Å². The molecule has 3 aromatic rings. The van der Waals surface area contributed by atoms with Crippen LogP contribution in [0, 0.1) is 0 Å². The standard InChI is InChI=1S/C21H24ClN7O2/c1-28-12-15(20(27-28)16-11-18(22)26-21(23)25-16)10-14-4-2-3-5-17(14)31-9-8-29-7-6-24-19(30)13-29/h2-5,11-12H,6-10,13H2,1H3,(H,24,30)(H2,23,25,26). The van der Waals surface area contributed by atoms with Gasteiger partial charge in [0.25, 0.3) is 0 Å². The Labute approximate surface area is 185 Å². The van der Waals surface area contributed by atoms with Gasteiger partial charge < -0.3 is 15.8 Å². The Kier molecular flexibility index (Phi) is 6.34. The number of halogens is 1. The van der Waals surface area contributed by atoms with Crippen LogP contribution < -0.4 is 15.8 Å². The molecule has 0 atom stereocenters. The van der Waals surface area contributed by atoms with Gasteiger partial charge in [0.15, 0.2) is 0 Å². The average molecular weight is 442 g/mol. The number of rotatable bonds is 7. The maximum Gasteiger partial charge on any atom is 0.234 e. The Bertz CT molecular complexity index is 1070. The van der Waals surface area contributed by atoms with Crippen molar-refractivity contribution in [3.63, 3.8) is 0 Å². The van der Waals surface area contributed by atoms with Crippen molar-refractivity contribution >= 4 is 23.5 Å². The van der Waals surface area contributed by atoms with Gasteiger partial charge in [-0.1, -0.05) is 29.8 Å². The number of nitrogens with one attached hydrogen (secondary N) is 1. The number of amides is 1. The molecular formula is C21H24ClN7O2. The first-order chi connectivity index (χ1) is 15.0. The van der Waals surface area contributed by atoms with Crippen molar-refractivity contribution in [2.75, 3.05) is 38.5 Å². The smallest absolute Gasteiger partial charge is 0.234 e. The van der Waals surface area contributed by atoms with Gasteiger partial charge in [0.1, 0.15) is 23.2 Å². The van der Waals surface area contributed by atoms with E-state index < -0.39 is 0 Å². The Balaban J connectivity index is 1.50. The van der Waals surface area contributed by atoms with E-state index in [2.05, 4.69) is 25.3 Å². The summed E-state index contributed by atoms with van der Waals surface area (Å²) >= 11 is 6.06. The average Bonchev–Trinajstić information content (AvgIpc) is 3.09. The third-order valence-electron chi connectivity index (χ3n) is 5.00. The number of nitrogen functional groups attached to an aromatic ring is 1. The molecule has 1 fully saturated rings. The molecule has 4 rings (SSSR count). The summed E-state index contributed by atoms with van der Waals surface area (Å²) in [6, 6.07) is 9.56. The van der Waals surface area contributed by atoms with Gasteiger partial charge in [-0.3, -0.25) is 14.4 Å². The number of aryl methyl sites for hydroxylation is 1. The largest absolute Gasteiger partial charge is 0.492 e. The van der Waals surface area contributed by atoms with Crippen molar-refractivity contribution in [3.05, 3.63) is 52.8 Å². The number of hydrogen-bond donors (Lipinski definition) is 2. The summed E-state index contributed by atoms with van der Waals surface area (Å²) in [5, 5.41) is 7.65. The lowest BCUT2D eigenvalue weighted by molar-refractivity contribution is -0.124. The fourth-order valence-corrected chi connectivity index (χ4v) is 3.79. The number of benzene rings is 1. The maximum atomic E-state index is 11.5. The van der Waals surface area contributed by atoms with Crippen molar-refractivity contribution in [2.45, 2.75) is 6.42 Å². The van der Waals surface area contributed by atoms with Gasteiger partial charge in [-0.15, -0.1) is 0 Å². The van der Waals surface area contributed by atoms with Crippen molar-refractivity contribution in [1.29, 1.82) is 0 Å². The van der Waals surface area contributed by atoms with Crippen LogP contribution in [-0.4, -0.2) is 63.3 Å². The van der Waals surface area contributed by atoms with Crippen molar-refractivity contribution < 1.29 is 9.53 Å². The molecule has 10 heteroatoms. The van der Waals surface area contributed by atoms with Gasteiger partial charge >= 0.3 is 0 Å². The molecule has 9 nitrogen and oxygen atoms in total. The van der Waals surface area contributed by atoms with E-state index in [9.17, 15) is 4.79 Å². The Morgan fingerprint density at radius 2 is 2.10 bits per heavy atom. The zero-order valence-electron chi connectivity index (χ0n) is 17.2. The van der Waals surface area contributed by atoms with Crippen LogP contribution >= 0.6 is 11.6 Å². The lowest BCUT2D eigenvalue weighted by atomic mass is 10.0. The normalized spacial score (nSPS) is 14.5. The van der Waals surface area contributed by atoms with E-state index in [0.29, 0.717) is 44.0 Å². The highest BCUT2D eigenvalue weighted by molar-refractivity contribution is 6.29. The topological polar surface area (TPSA) is 111 Å². The third-order valence-corrected chi connectivity index (χ3v) is 5.19. The van der Waals surface area contributed by atoms with Gasteiger partial charge in [0.05, 0.1) is 12.2 Å². The third kappa shape index (κ3) is 5.31. The minimum absolute atomic E-state index is 0.0567. The molecular weight excluding hydrogens is 418 g/mol. The van der Waals surface area contributed by atoms with E-state index in [0.717, 1.165) is 23.4 Å². The van der Waals surface area contributed by atoms with Crippen molar-refractivity contribution in [3.8, 4) is 17.1 Å². The number of hydrogen-bond acceptors (Lipinski definition) is 7. The van der Waals surface area contributed by atoms with Gasteiger partial charge in [0, 0.05) is 50.9 Å². The number of carbonyl (C=O) groups excluding carboxylic acids is 1. The lowest BCUT2D eigenvalue weighted by Gasteiger charge is -2.26. The summed E-state index contributed by atoms with van der Waals surface area (Å²) in [6.07, 6.45) is 2.55. The first-order valence-electron chi connectivity index (χ1n) is 10.0. The summed E-state index contributed by atoms with van der Waals surface area (Å²) in [4.78, 5) is 21.8. The zero-order valence-corrected chi connectivity index (χ0v) is 18.0. The van der Waals surface area contributed by atoms with Crippen molar-refractivity contribution in [2.24, 2.45) is 7.05 Å². The number of nitrogens with two attached hydrogens (primary N) is 1. The molecule has 1 aliphatic rings. The summed E-state index contributed by atoms with van der Waals surface area (Å²) in [6.45, 7) is 3.12. The second-order valence-electron chi connectivity index (χ2n) is 7.37. The predicted molar refractivity (Wildman–Crippen MR) is 118 cm³/mol. The molecule has 162 valence electrons. The van der Waals surface area contributed by atoms with E-state index in [-0.39, 0.29) is 17.0 Å². The van der Waals surface area contributed by atoms with Crippen LogP contribution in [0.4, 0.5) is 5.95 Å². The molecule has 0 bridgehead atoms. The molecule has 3 heterocycles. The van der Waals surface area contributed by atoms with Gasteiger partial charge in [-0.05, 0) is 11.6 Å². The van der Waals surface area contributed by atoms with Crippen LogP contribution in [0.15, 0.2) is 36.5 Å². The molecule has 2 aromatic heterocycles. The van der Waals surface area contributed by atoms with Gasteiger partial charge in [0.2, 0.25) is 11.9 Å². The fraction of sp³-hybridized carbons (Fsp3) is 0.333. The molecule has 1 amide bonds. The fourth-order valence-electron chi connectivity index (χ4n) is 3.60. The summed E-state index contributed by atoms with van der Waals surface area (Å²) in [5.41, 5.74) is 9.05. The number of para-hydroxylation sites is 1. The molecule has 0 aliphatic carbocycles. The van der Waals surface area contributed by atoms with Crippen LogP contribution in [0.1, 0.15) is 11.1 Å². The second-order valence-corrected chi connectivity index (χ2v) is 7.76.